The van der Waals surface area contributed by atoms with Crippen molar-refractivity contribution in [2.45, 2.75) is 0 Å². The lowest BCUT2D eigenvalue weighted by Gasteiger charge is -2.06. The van der Waals surface area contributed by atoms with Gasteiger partial charge in [-0.05, 0) is 44.0 Å². The van der Waals surface area contributed by atoms with E-state index in [0.717, 1.165) is 0 Å². The molecule has 0 aliphatic heterocycles. The number of ether oxygens (including phenoxy) is 1. The molecule has 0 amide bonds. The van der Waals surface area contributed by atoms with Gasteiger partial charge in [0.05, 0.1) is 18.2 Å². The SMILES string of the molecule is COC(=O)c1cc(Br)c(Br)cc1C(=O)O. The first-order chi connectivity index (χ1) is 6.97. The third kappa shape index (κ3) is 2.57. The summed E-state index contributed by atoms with van der Waals surface area (Å²) in [6.45, 7) is 0. The number of rotatable bonds is 2. The van der Waals surface area contributed by atoms with Crippen LogP contribution in [0.5, 0.6) is 0 Å². The molecule has 0 spiro atoms. The number of hydrogen-bond acceptors (Lipinski definition) is 3. The first-order valence-electron chi connectivity index (χ1n) is 3.78. The second kappa shape index (κ2) is 4.76. The van der Waals surface area contributed by atoms with Crippen LogP contribution < -0.4 is 0 Å². The molecule has 1 N–H and O–H groups in total. The quantitative estimate of drug-likeness (QED) is 0.843. The summed E-state index contributed by atoms with van der Waals surface area (Å²) in [5.74, 6) is -1.86. The maximum absolute atomic E-state index is 11.3. The Morgan fingerprint density at radius 2 is 1.67 bits per heavy atom. The summed E-state index contributed by atoms with van der Waals surface area (Å²) in [7, 11) is 1.20. The van der Waals surface area contributed by atoms with E-state index in [2.05, 4.69) is 36.6 Å². The summed E-state index contributed by atoms with van der Waals surface area (Å²) in [4.78, 5) is 22.1. The number of carbonyl (C=O) groups is 2. The van der Waals surface area contributed by atoms with Crippen molar-refractivity contribution in [1.29, 1.82) is 0 Å². The van der Waals surface area contributed by atoms with Gasteiger partial charge >= 0.3 is 11.9 Å². The van der Waals surface area contributed by atoms with Crippen molar-refractivity contribution in [1.82, 2.24) is 0 Å². The van der Waals surface area contributed by atoms with E-state index in [1.807, 2.05) is 0 Å². The summed E-state index contributed by atoms with van der Waals surface area (Å²) >= 11 is 6.34. The van der Waals surface area contributed by atoms with Crippen molar-refractivity contribution in [2.75, 3.05) is 7.11 Å². The maximum atomic E-state index is 11.3. The topological polar surface area (TPSA) is 63.6 Å². The van der Waals surface area contributed by atoms with E-state index in [4.69, 9.17) is 5.11 Å². The minimum Gasteiger partial charge on any atom is -0.478 e. The van der Waals surface area contributed by atoms with E-state index >= 15 is 0 Å². The van der Waals surface area contributed by atoms with Crippen LogP contribution in [0.2, 0.25) is 0 Å². The third-order valence-corrected chi connectivity index (χ3v) is 3.54. The van der Waals surface area contributed by atoms with Gasteiger partial charge in [-0.3, -0.25) is 0 Å². The Bertz CT molecular complexity index is 428. The number of esters is 1. The predicted molar refractivity (Wildman–Crippen MR) is 60.1 cm³/mol. The monoisotopic (exact) mass is 336 g/mol. The molecule has 0 heterocycles. The van der Waals surface area contributed by atoms with Crippen LogP contribution in [0.25, 0.3) is 0 Å². The fraction of sp³-hybridized carbons (Fsp3) is 0.111. The Hall–Kier alpha value is -0.880. The molecule has 0 saturated carbocycles. The van der Waals surface area contributed by atoms with Gasteiger partial charge in [0.15, 0.2) is 0 Å². The number of carbonyl (C=O) groups excluding carboxylic acids is 1. The van der Waals surface area contributed by atoms with Crippen molar-refractivity contribution in [3.05, 3.63) is 32.2 Å². The van der Waals surface area contributed by atoms with Crippen LogP contribution in [0.1, 0.15) is 20.7 Å². The van der Waals surface area contributed by atoms with Gasteiger partial charge < -0.3 is 9.84 Å². The molecule has 80 valence electrons. The number of aromatic carboxylic acids is 1. The molecule has 15 heavy (non-hydrogen) atoms. The van der Waals surface area contributed by atoms with Crippen molar-refractivity contribution in [3.63, 3.8) is 0 Å². The molecule has 0 fully saturated rings. The minimum absolute atomic E-state index is 0.0140. The number of methoxy groups -OCH3 is 1. The minimum atomic E-state index is -1.18. The van der Waals surface area contributed by atoms with E-state index in [1.54, 1.807) is 0 Å². The molecule has 6 heteroatoms. The van der Waals surface area contributed by atoms with Crippen LogP contribution in [-0.4, -0.2) is 24.2 Å². The fourth-order valence-electron chi connectivity index (χ4n) is 1.00. The highest BCUT2D eigenvalue weighted by Crippen LogP contribution is 2.27. The normalized spacial score (nSPS) is 9.80. The number of carboxylic acid groups (broad SMARTS) is 1. The van der Waals surface area contributed by atoms with Gasteiger partial charge in [0.1, 0.15) is 0 Å². The molecule has 0 aromatic heterocycles. The predicted octanol–water partition coefficient (Wildman–Crippen LogP) is 2.70. The molecule has 1 rings (SSSR count). The van der Waals surface area contributed by atoms with Gasteiger partial charge in [-0.15, -0.1) is 0 Å². The Labute approximate surface area is 102 Å². The largest absolute Gasteiger partial charge is 0.478 e. The second-order valence-corrected chi connectivity index (χ2v) is 4.32. The number of halogens is 2. The van der Waals surface area contributed by atoms with Gasteiger partial charge in [0.25, 0.3) is 0 Å². The van der Waals surface area contributed by atoms with Crippen LogP contribution >= 0.6 is 31.9 Å². The summed E-state index contributed by atoms with van der Waals surface area (Å²) < 4.78 is 5.64. The molecule has 0 aliphatic carbocycles. The zero-order chi connectivity index (χ0) is 11.6. The van der Waals surface area contributed by atoms with E-state index < -0.39 is 11.9 Å². The van der Waals surface area contributed by atoms with Crippen LogP contribution in [0.4, 0.5) is 0 Å². The van der Waals surface area contributed by atoms with Crippen molar-refractivity contribution in [2.24, 2.45) is 0 Å². The molecule has 1 aromatic carbocycles. The first kappa shape index (κ1) is 12.2. The lowest BCUT2D eigenvalue weighted by atomic mass is 10.1. The Kier molecular flexibility index (Phi) is 3.87. The van der Waals surface area contributed by atoms with E-state index in [1.165, 1.54) is 19.2 Å². The van der Waals surface area contributed by atoms with Crippen LogP contribution in [0.15, 0.2) is 21.1 Å². The first-order valence-corrected chi connectivity index (χ1v) is 5.36. The Balaban J connectivity index is 3.41. The number of benzene rings is 1. The standard InChI is InChI=1S/C9H6Br2O4/c1-15-9(14)5-3-7(11)6(10)2-4(5)8(12)13/h2-3H,1H3,(H,12,13). The number of carboxylic acids is 1. The van der Waals surface area contributed by atoms with Crippen LogP contribution in [0.3, 0.4) is 0 Å². The van der Waals surface area contributed by atoms with Gasteiger partial charge in [-0.1, -0.05) is 0 Å². The summed E-state index contributed by atoms with van der Waals surface area (Å²) in [5.41, 5.74) is -0.0861. The zero-order valence-electron chi connectivity index (χ0n) is 7.58. The van der Waals surface area contributed by atoms with Crippen LogP contribution in [-0.2, 0) is 4.74 Å². The van der Waals surface area contributed by atoms with E-state index in [-0.39, 0.29) is 11.1 Å². The van der Waals surface area contributed by atoms with Gasteiger partial charge in [0, 0.05) is 8.95 Å². The molecule has 4 nitrogen and oxygen atoms in total. The molecule has 0 radical (unpaired) electrons. The van der Waals surface area contributed by atoms with Crippen molar-refractivity contribution < 1.29 is 19.4 Å². The summed E-state index contributed by atoms with van der Waals surface area (Å²) in [6.07, 6.45) is 0. The molecule has 0 unspecified atom stereocenters. The highest BCUT2D eigenvalue weighted by atomic mass is 79.9. The van der Waals surface area contributed by atoms with Crippen molar-refractivity contribution >= 4 is 43.8 Å². The fourth-order valence-corrected chi connectivity index (χ4v) is 1.69. The molecular weight excluding hydrogens is 332 g/mol. The Morgan fingerprint density at radius 3 is 2.07 bits per heavy atom. The number of hydrogen-bond donors (Lipinski definition) is 1. The van der Waals surface area contributed by atoms with E-state index in [0.29, 0.717) is 8.95 Å². The molecule has 0 saturated heterocycles. The summed E-state index contributed by atoms with van der Waals surface area (Å²) in [6, 6.07) is 2.75. The highest BCUT2D eigenvalue weighted by molar-refractivity contribution is 9.13. The lowest BCUT2D eigenvalue weighted by Crippen LogP contribution is -2.10. The third-order valence-electron chi connectivity index (χ3n) is 1.70. The maximum Gasteiger partial charge on any atom is 0.338 e. The molecule has 0 bridgehead atoms. The molecule has 0 aliphatic rings. The van der Waals surface area contributed by atoms with Gasteiger partial charge in [0.2, 0.25) is 0 Å². The van der Waals surface area contributed by atoms with E-state index in [9.17, 15) is 9.59 Å². The second-order valence-electron chi connectivity index (χ2n) is 2.61. The summed E-state index contributed by atoms with van der Waals surface area (Å²) in [5, 5.41) is 8.88. The molecule has 0 atom stereocenters. The van der Waals surface area contributed by atoms with Crippen LogP contribution in [0, 0.1) is 0 Å². The van der Waals surface area contributed by atoms with Gasteiger partial charge in [-0.2, -0.15) is 0 Å². The van der Waals surface area contributed by atoms with Gasteiger partial charge in [-0.25, -0.2) is 9.59 Å². The average Bonchev–Trinajstić information content (AvgIpc) is 2.20. The lowest BCUT2D eigenvalue weighted by molar-refractivity contribution is 0.0582. The average molecular weight is 338 g/mol. The molecular formula is C9H6Br2O4. The molecule has 1 aromatic rings. The zero-order valence-corrected chi connectivity index (χ0v) is 10.8. The highest BCUT2D eigenvalue weighted by Gasteiger charge is 2.19. The Morgan fingerprint density at radius 1 is 1.20 bits per heavy atom. The smallest absolute Gasteiger partial charge is 0.338 e. The van der Waals surface area contributed by atoms with Crippen molar-refractivity contribution in [3.8, 4) is 0 Å².